The molecule has 0 radical (unpaired) electrons. The van der Waals surface area contributed by atoms with Crippen molar-refractivity contribution in [1.29, 1.82) is 0 Å². The van der Waals surface area contributed by atoms with Crippen LogP contribution in [0, 0.1) is 0 Å². The second kappa shape index (κ2) is 8.35. The number of anilines is 2. The number of hydrogen-bond acceptors (Lipinski definition) is 6. The zero-order valence-corrected chi connectivity index (χ0v) is 15.9. The summed E-state index contributed by atoms with van der Waals surface area (Å²) in [6.07, 6.45) is 4.55. The maximum absolute atomic E-state index is 12.2. The third-order valence-corrected chi connectivity index (χ3v) is 5.37. The van der Waals surface area contributed by atoms with Gasteiger partial charge in [-0.25, -0.2) is 0 Å². The first-order valence-corrected chi connectivity index (χ1v) is 10.2. The normalized spacial score (nSPS) is 14.3. The van der Waals surface area contributed by atoms with Crippen molar-refractivity contribution in [2.24, 2.45) is 0 Å². The van der Waals surface area contributed by atoms with Crippen molar-refractivity contribution in [3.8, 4) is 11.4 Å². The summed E-state index contributed by atoms with van der Waals surface area (Å²) < 4.78 is 5.23. The lowest BCUT2D eigenvalue weighted by molar-refractivity contribution is -0.116. The highest BCUT2D eigenvalue weighted by Crippen LogP contribution is 2.22. The quantitative estimate of drug-likeness (QED) is 0.686. The van der Waals surface area contributed by atoms with Crippen LogP contribution in [0.2, 0.25) is 0 Å². The lowest BCUT2D eigenvalue weighted by atomic mass is 10.1. The number of nitrogens with zero attached hydrogens (tertiary/aromatic N) is 3. The number of hydrogen-bond donors (Lipinski definition) is 1. The SMILES string of the molecule is O=C(CCc1nc(-c2ccsc2)no1)Nc1ccc(N2CCCCC2)cc1. The third kappa shape index (κ3) is 4.54. The molecule has 1 fully saturated rings. The Morgan fingerprint density at radius 3 is 2.70 bits per heavy atom. The van der Waals surface area contributed by atoms with Crippen LogP contribution in [0.25, 0.3) is 11.4 Å². The van der Waals surface area contributed by atoms with Crippen molar-refractivity contribution in [3.05, 3.63) is 47.0 Å². The molecule has 7 heteroatoms. The predicted octanol–water partition coefficient (Wildman–Crippen LogP) is 4.36. The molecular formula is C20H22N4O2S. The molecule has 140 valence electrons. The highest BCUT2D eigenvalue weighted by atomic mass is 32.1. The number of benzene rings is 1. The lowest BCUT2D eigenvalue weighted by Gasteiger charge is -2.28. The minimum Gasteiger partial charge on any atom is -0.372 e. The smallest absolute Gasteiger partial charge is 0.227 e. The van der Waals surface area contributed by atoms with Gasteiger partial charge in [-0.05, 0) is 55.0 Å². The van der Waals surface area contributed by atoms with Gasteiger partial charge in [0, 0.05) is 48.2 Å². The maximum atomic E-state index is 12.2. The Kier molecular flexibility index (Phi) is 5.48. The number of nitrogens with one attached hydrogen (secondary N) is 1. The van der Waals surface area contributed by atoms with Crippen molar-refractivity contribution >= 4 is 28.6 Å². The first-order valence-electron chi connectivity index (χ1n) is 9.28. The van der Waals surface area contributed by atoms with Gasteiger partial charge in [0.1, 0.15) is 0 Å². The van der Waals surface area contributed by atoms with E-state index >= 15 is 0 Å². The summed E-state index contributed by atoms with van der Waals surface area (Å²) in [4.78, 5) is 18.9. The second-order valence-electron chi connectivity index (χ2n) is 6.67. The van der Waals surface area contributed by atoms with Gasteiger partial charge in [-0.1, -0.05) is 5.16 Å². The molecule has 1 saturated heterocycles. The average Bonchev–Trinajstić information content (AvgIpc) is 3.39. The van der Waals surface area contributed by atoms with Crippen LogP contribution in [0.1, 0.15) is 31.6 Å². The molecule has 3 heterocycles. The van der Waals surface area contributed by atoms with Gasteiger partial charge in [-0.2, -0.15) is 16.3 Å². The molecule has 0 saturated carbocycles. The molecule has 3 aromatic rings. The molecule has 1 amide bonds. The molecule has 1 N–H and O–H groups in total. The summed E-state index contributed by atoms with van der Waals surface area (Å²) in [5, 5.41) is 10.8. The molecule has 1 aromatic carbocycles. The van der Waals surface area contributed by atoms with E-state index in [-0.39, 0.29) is 5.91 Å². The van der Waals surface area contributed by atoms with E-state index in [0.717, 1.165) is 24.3 Å². The van der Waals surface area contributed by atoms with Gasteiger partial charge in [0.15, 0.2) is 0 Å². The number of amides is 1. The minimum atomic E-state index is -0.0593. The summed E-state index contributed by atoms with van der Waals surface area (Å²) in [6.45, 7) is 2.23. The van der Waals surface area contributed by atoms with E-state index in [9.17, 15) is 4.79 Å². The average molecular weight is 382 g/mol. The van der Waals surface area contributed by atoms with Crippen molar-refractivity contribution in [3.63, 3.8) is 0 Å². The van der Waals surface area contributed by atoms with E-state index in [4.69, 9.17) is 4.52 Å². The van der Waals surface area contributed by atoms with Crippen molar-refractivity contribution in [2.75, 3.05) is 23.3 Å². The van der Waals surface area contributed by atoms with Gasteiger partial charge in [-0.15, -0.1) is 0 Å². The first kappa shape index (κ1) is 17.7. The van der Waals surface area contributed by atoms with E-state index in [2.05, 4.69) is 32.5 Å². The van der Waals surface area contributed by atoms with Crippen molar-refractivity contribution in [2.45, 2.75) is 32.1 Å². The van der Waals surface area contributed by atoms with Gasteiger partial charge in [0.25, 0.3) is 0 Å². The zero-order valence-electron chi connectivity index (χ0n) is 15.1. The third-order valence-electron chi connectivity index (χ3n) is 4.69. The molecular weight excluding hydrogens is 360 g/mol. The summed E-state index contributed by atoms with van der Waals surface area (Å²) in [6, 6.07) is 10.0. The fourth-order valence-corrected chi connectivity index (χ4v) is 3.85. The molecule has 2 aromatic heterocycles. The minimum absolute atomic E-state index is 0.0593. The molecule has 1 aliphatic heterocycles. The van der Waals surface area contributed by atoms with Crippen LogP contribution in [0.4, 0.5) is 11.4 Å². The monoisotopic (exact) mass is 382 g/mol. The fraction of sp³-hybridized carbons (Fsp3) is 0.350. The van der Waals surface area contributed by atoms with Gasteiger partial charge in [-0.3, -0.25) is 4.79 Å². The highest BCUT2D eigenvalue weighted by molar-refractivity contribution is 7.08. The number of thiophene rings is 1. The van der Waals surface area contributed by atoms with Crippen LogP contribution in [-0.2, 0) is 11.2 Å². The molecule has 0 aliphatic carbocycles. The Hall–Kier alpha value is -2.67. The Balaban J connectivity index is 1.28. The van der Waals surface area contributed by atoms with Crippen LogP contribution in [-0.4, -0.2) is 29.1 Å². The summed E-state index contributed by atoms with van der Waals surface area (Å²) in [5.74, 6) is 0.989. The Morgan fingerprint density at radius 1 is 1.15 bits per heavy atom. The van der Waals surface area contributed by atoms with Crippen LogP contribution in [0.3, 0.4) is 0 Å². The van der Waals surface area contributed by atoms with E-state index < -0.39 is 0 Å². The van der Waals surface area contributed by atoms with Crippen LogP contribution >= 0.6 is 11.3 Å². The number of carbonyl (C=O) groups is 1. The number of aromatic nitrogens is 2. The summed E-state index contributed by atoms with van der Waals surface area (Å²) in [5.41, 5.74) is 2.97. The summed E-state index contributed by atoms with van der Waals surface area (Å²) in [7, 11) is 0. The standard InChI is InChI=1S/C20H22N4O2S/c25-18(8-9-19-22-20(23-26-19)15-10-13-27-14-15)21-16-4-6-17(7-5-16)24-11-2-1-3-12-24/h4-7,10,13-14H,1-3,8-9,11-12H2,(H,21,25). The van der Waals surface area contributed by atoms with E-state index in [1.54, 1.807) is 11.3 Å². The fourth-order valence-electron chi connectivity index (χ4n) is 3.22. The van der Waals surface area contributed by atoms with Crippen LogP contribution in [0.15, 0.2) is 45.6 Å². The molecule has 0 atom stereocenters. The lowest BCUT2D eigenvalue weighted by Crippen LogP contribution is -2.29. The predicted molar refractivity (Wildman–Crippen MR) is 107 cm³/mol. The molecule has 0 spiro atoms. The van der Waals surface area contributed by atoms with Gasteiger partial charge < -0.3 is 14.7 Å². The highest BCUT2D eigenvalue weighted by Gasteiger charge is 2.13. The largest absolute Gasteiger partial charge is 0.372 e. The van der Waals surface area contributed by atoms with E-state index in [0.29, 0.717) is 24.6 Å². The number of piperidine rings is 1. The summed E-state index contributed by atoms with van der Waals surface area (Å²) >= 11 is 1.58. The second-order valence-corrected chi connectivity index (χ2v) is 7.45. The van der Waals surface area contributed by atoms with Gasteiger partial charge >= 0.3 is 0 Å². The van der Waals surface area contributed by atoms with Crippen molar-refractivity contribution in [1.82, 2.24) is 10.1 Å². The topological polar surface area (TPSA) is 71.3 Å². The van der Waals surface area contributed by atoms with Crippen LogP contribution < -0.4 is 10.2 Å². The Labute approximate surface area is 162 Å². The molecule has 27 heavy (non-hydrogen) atoms. The molecule has 4 rings (SSSR count). The maximum Gasteiger partial charge on any atom is 0.227 e. The zero-order chi connectivity index (χ0) is 18.5. The molecule has 0 unspecified atom stereocenters. The Morgan fingerprint density at radius 2 is 1.96 bits per heavy atom. The van der Waals surface area contributed by atoms with Crippen molar-refractivity contribution < 1.29 is 9.32 Å². The molecule has 6 nitrogen and oxygen atoms in total. The van der Waals surface area contributed by atoms with Gasteiger partial charge in [0.2, 0.25) is 17.6 Å². The van der Waals surface area contributed by atoms with E-state index in [1.165, 1.54) is 24.9 Å². The number of aryl methyl sites for hydroxylation is 1. The van der Waals surface area contributed by atoms with E-state index in [1.807, 2.05) is 29.0 Å². The van der Waals surface area contributed by atoms with Crippen LogP contribution in [0.5, 0.6) is 0 Å². The molecule has 0 bridgehead atoms. The number of rotatable bonds is 6. The number of carbonyl (C=O) groups excluding carboxylic acids is 1. The Bertz CT molecular complexity index is 868. The van der Waals surface area contributed by atoms with Gasteiger partial charge in [0.05, 0.1) is 0 Å². The first-order chi connectivity index (χ1) is 13.3. The molecule has 1 aliphatic rings.